The van der Waals surface area contributed by atoms with Gasteiger partial charge in [0.25, 0.3) is 5.92 Å². The molecule has 3 fully saturated rings. The number of hydrogen-bond donors (Lipinski definition) is 0. The van der Waals surface area contributed by atoms with Gasteiger partial charge in [0.2, 0.25) is 5.91 Å². The maximum atomic E-state index is 13.4. The molecule has 1 amide bonds. The molecule has 7 heteroatoms. The van der Waals surface area contributed by atoms with Crippen LogP contribution in [0.2, 0.25) is 0 Å². The molecule has 3 aliphatic rings. The first kappa shape index (κ1) is 29.0. The Morgan fingerprint density at radius 1 is 1.05 bits per heavy atom. The van der Waals surface area contributed by atoms with Crippen LogP contribution in [0.25, 0.3) is 0 Å². The first-order chi connectivity index (χ1) is 18.3. The third-order valence-corrected chi connectivity index (χ3v) is 9.16. The van der Waals surface area contributed by atoms with Crippen molar-refractivity contribution in [3.63, 3.8) is 0 Å². The molecule has 38 heavy (non-hydrogen) atoms. The standard InChI is InChI=1S/C31H48F2N4O/c1-4-24-11-13-25(14-12-24)21-36(18-17-30(38)37(5-2)27-9-7-6-8-10-27)29-19-26(15-16-28(29)34-3)20-35-22-31(32,33)23-35/h15-16,19,24-25,27H,3-14,17-18,20-23H2,1-2H3/t24-,25-. The molecule has 0 N–H and O–H groups in total. The first-order valence-electron chi connectivity index (χ1n) is 15.1. The van der Waals surface area contributed by atoms with Gasteiger partial charge in [0.15, 0.2) is 0 Å². The lowest BCUT2D eigenvalue weighted by molar-refractivity contribution is -0.134. The molecule has 0 unspecified atom stereocenters. The number of anilines is 1. The number of alkyl halides is 2. The lowest BCUT2D eigenvalue weighted by Gasteiger charge is -2.39. The highest BCUT2D eigenvalue weighted by atomic mass is 19.3. The van der Waals surface area contributed by atoms with Crippen molar-refractivity contribution >= 4 is 24.0 Å². The van der Waals surface area contributed by atoms with Crippen LogP contribution in [0.4, 0.5) is 20.2 Å². The van der Waals surface area contributed by atoms with Crippen molar-refractivity contribution in [3.05, 3.63) is 23.8 Å². The molecule has 1 heterocycles. The van der Waals surface area contributed by atoms with Crippen molar-refractivity contribution in [2.24, 2.45) is 16.8 Å². The van der Waals surface area contributed by atoms with Gasteiger partial charge in [-0.15, -0.1) is 0 Å². The van der Waals surface area contributed by atoms with E-state index in [-0.39, 0.29) is 19.0 Å². The van der Waals surface area contributed by atoms with Crippen LogP contribution in [0, 0.1) is 11.8 Å². The van der Waals surface area contributed by atoms with Crippen molar-refractivity contribution in [1.82, 2.24) is 9.80 Å². The zero-order valence-corrected chi connectivity index (χ0v) is 23.6. The van der Waals surface area contributed by atoms with Gasteiger partial charge in [0.1, 0.15) is 0 Å². The van der Waals surface area contributed by atoms with E-state index in [9.17, 15) is 13.6 Å². The first-order valence-corrected chi connectivity index (χ1v) is 15.1. The molecule has 0 atom stereocenters. The largest absolute Gasteiger partial charge is 0.369 e. The number of rotatable bonds is 12. The van der Waals surface area contributed by atoms with Gasteiger partial charge in [-0.2, -0.15) is 0 Å². The summed E-state index contributed by atoms with van der Waals surface area (Å²) in [6.07, 6.45) is 12.6. The second-order valence-corrected chi connectivity index (χ2v) is 11.9. The number of hydrogen-bond acceptors (Lipinski definition) is 4. The molecule has 0 aromatic heterocycles. The number of likely N-dealkylation sites (tertiary alicyclic amines) is 1. The topological polar surface area (TPSA) is 39.1 Å². The predicted octanol–water partition coefficient (Wildman–Crippen LogP) is 7.06. The number of carbonyl (C=O) groups is 1. The monoisotopic (exact) mass is 530 g/mol. The number of amides is 1. The van der Waals surface area contributed by atoms with Gasteiger partial charge in [-0.3, -0.25) is 14.7 Å². The summed E-state index contributed by atoms with van der Waals surface area (Å²) in [5, 5.41) is 0. The smallest absolute Gasteiger partial charge is 0.272 e. The fourth-order valence-electron chi connectivity index (χ4n) is 6.88. The Bertz CT molecular complexity index is 916. The van der Waals surface area contributed by atoms with Gasteiger partial charge in [0, 0.05) is 38.6 Å². The highest BCUT2D eigenvalue weighted by molar-refractivity contribution is 5.78. The lowest BCUT2D eigenvalue weighted by atomic mass is 9.80. The molecule has 5 nitrogen and oxygen atoms in total. The van der Waals surface area contributed by atoms with E-state index in [0.29, 0.717) is 31.5 Å². The Morgan fingerprint density at radius 3 is 2.34 bits per heavy atom. The summed E-state index contributed by atoms with van der Waals surface area (Å²) in [6.45, 7) is 10.6. The van der Waals surface area contributed by atoms with E-state index in [1.807, 2.05) is 12.1 Å². The number of nitrogens with zero attached hydrogens (tertiary/aromatic N) is 4. The zero-order valence-electron chi connectivity index (χ0n) is 23.6. The van der Waals surface area contributed by atoms with Crippen molar-refractivity contribution < 1.29 is 13.6 Å². The van der Waals surface area contributed by atoms with Crippen LogP contribution in [0.15, 0.2) is 23.2 Å². The van der Waals surface area contributed by atoms with Crippen LogP contribution < -0.4 is 4.90 Å². The number of aliphatic imine (C=N–C) groups is 1. The minimum absolute atomic E-state index is 0.184. The average Bonchev–Trinajstić information content (AvgIpc) is 2.91. The quantitative estimate of drug-likeness (QED) is 0.272. The molecule has 0 bridgehead atoms. The van der Waals surface area contributed by atoms with Crippen LogP contribution in [-0.2, 0) is 11.3 Å². The summed E-state index contributed by atoms with van der Waals surface area (Å²) < 4.78 is 26.9. The molecule has 4 rings (SSSR count). The molecular weight excluding hydrogens is 482 g/mol. The second-order valence-electron chi connectivity index (χ2n) is 11.9. The molecule has 212 valence electrons. The Morgan fingerprint density at radius 2 is 1.74 bits per heavy atom. The third-order valence-electron chi connectivity index (χ3n) is 9.16. The third kappa shape index (κ3) is 7.55. The van der Waals surface area contributed by atoms with Crippen molar-refractivity contribution in [2.75, 3.05) is 37.6 Å². The van der Waals surface area contributed by atoms with Crippen LogP contribution >= 0.6 is 0 Å². The zero-order chi connectivity index (χ0) is 27.1. The Hall–Kier alpha value is -2.02. The molecular formula is C31H48F2N4O. The summed E-state index contributed by atoms with van der Waals surface area (Å²) in [4.78, 5) is 24.0. The van der Waals surface area contributed by atoms with Gasteiger partial charge < -0.3 is 9.80 Å². The van der Waals surface area contributed by atoms with E-state index >= 15 is 0 Å². The molecule has 2 saturated carbocycles. The SMILES string of the molecule is C=Nc1ccc(CN2CC(F)(F)C2)cc1N(CCC(=O)N(CC)C1CCCCC1)C[C@H]1CC[C@H](CC)CC1. The Labute approximate surface area is 228 Å². The van der Waals surface area contributed by atoms with Crippen LogP contribution in [0.3, 0.4) is 0 Å². The normalized spacial score (nSPS) is 24.0. The highest BCUT2D eigenvalue weighted by Gasteiger charge is 2.43. The predicted molar refractivity (Wildman–Crippen MR) is 153 cm³/mol. The highest BCUT2D eigenvalue weighted by Crippen LogP contribution is 2.36. The van der Waals surface area contributed by atoms with Crippen molar-refractivity contribution in [2.45, 2.75) is 103 Å². The van der Waals surface area contributed by atoms with Crippen molar-refractivity contribution in [1.29, 1.82) is 0 Å². The summed E-state index contributed by atoms with van der Waals surface area (Å²) in [7, 11) is 0. The van der Waals surface area contributed by atoms with E-state index in [1.165, 1.54) is 51.4 Å². The van der Waals surface area contributed by atoms with E-state index < -0.39 is 5.92 Å². The molecule has 2 aliphatic carbocycles. The second kappa shape index (κ2) is 13.4. The van der Waals surface area contributed by atoms with E-state index in [0.717, 1.165) is 48.8 Å². The van der Waals surface area contributed by atoms with Crippen molar-refractivity contribution in [3.8, 4) is 0 Å². The molecule has 1 aromatic carbocycles. The minimum atomic E-state index is -2.57. The maximum absolute atomic E-state index is 13.4. The van der Waals surface area contributed by atoms with Gasteiger partial charge in [-0.05, 0) is 68.9 Å². The van der Waals surface area contributed by atoms with Crippen LogP contribution in [0.1, 0.15) is 90.0 Å². The summed E-state index contributed by atoms with van der Waals surface area (Å²) >= 11 is 0. The van der Waals surface area contributed by atoms with Crippen LogP contribution in [-0.4, -0.2) is 67.1 Å². The van der Waals surface area contributed by atoms with Gasteiger partial charge >= 0.3 is 0 Å². The fraction of sp³-hybridized carbons (Fsp3) is 0.742. The number of benzene rings is 1. The average molecular weight is 531 g/mol. The summed E-state index contributed by atoms with van der Waals surface area (Å²) in [5.41, 5.74) is 2.79. The minimum Gasteiger partial charge on any atom is -0.369 e. The fourth-order valence-corrected chi connectivity index (χ4v) is 6.88. The number of carbonyl (C=O) groups excluding carboxylic acids is 1. The Kier molecular flexibility index (Phi) is 10.2. The van der Waals surface area contributed by atoms with Crippen LogP contribution in [0.5, 0.6) is 0 Å². The van der Waals surface area contributed by atoms with Gasteiger partial charge in [-0.25, -0.2) is 8.78 Å². The molecule has 0 spiro atoms. The summed E-state index contributed by atoms with van der Waals surface area (Å²) in [6, 6.07) is 6.41. The molecule has 1 saturated heterocycles. The summed E-state index contributed by atoms with van der Waals surface area (Å²) in [5.74, 6) is -0.910. The lowest BCUT2D eigenvalue weighted by Crippen LogP contribution is -2.55. The van der Waals surface area contributed by atoms with Gasteiger partial charge in [0.05, 0.1) is 24.5 Å². The maximum Gasteiger partial charge on any atom is 0.272 e. The Balaban J connectivity index is 1.49. The van der Waals surface area contributed by atoms with E-state index in [2.05, 4.69) is 41.4 Å². The van der Waals surface area contributed by atoms with E-state index in [4.69, 9.17) is 0 Å². The van der Waals surface area contributed by atoms with E-state index in [1.54, 1.807) is 4.90 Å². The molecule has 1 aliphatic heterocycles. The molecule has 0 radical (unpaired) electrons. The molecule has 1 aromatic rings. The van der Waals surface area contributed by atoms with Gasteiger partial charge in [-0.1, -0.05) is 51.5 Å². The number of halogens is 2.